The van der Waals surface area contributed by atoms with E-state index in [-0.39, 0.29) is 5.92 Å². The number of unbranched alkanes of at least 4 members (excludes halogenated alkanes) is 1. The number of hydrogen-bond acceptors (Lipinski definition) is 3. The van der Waals surface area contributed by atoms with Gasteiger partial charge in [-0.05, 0) is 20.3 Å². The molecule has 0 aromatic heterocycles. The molecular weight excluding hydrogens is 192 g/mol. The maximum Gasteiger partial charge on any atom is 0.335 e. The Labute approximate surface area is 92.1 Å². The fraction of sp³-hybridized carbons (Fsp3) is 0.750. The number of carbonyl (C=O) groups is 1. The largest absolute Gasteiger partial charge is 0.464 e. The molecule has 2 unspecified atom stereocenters. The van der Waals surface area contributed by atoms with Crippen LogP contribution in [0.1, 0.15) is 40.0 Å². The van der Waals surface area contributed by atoms with E-state index in [9.17, 15) is 9.90 Å². The van der Waals surface area contributed by atoms with Crippen molar-refractivity contribution in [2.45, 2.75) is 46.1 Å². The van der Waals surface area contributed by atoms with E-state index in [1.807, 2.05) is 6.92 Å². The first-order valence-corrected chi connectivity index (χ1v) is 5.54. The normalized spacial score (nSPS) is 14.4. The number of esters is 1. The SMILES string of the molecule is C=C(C)C(CCCC)C(O)C(=O)OCC. The van der Waals surface area contributed by atoms with Crippen molar-refractivity contribution in [3.8, 4) is 0 Å². The van der Waals surface area contributed by atoms with E-state index < -0.39 is 12.1 Å². The minimum atomic E-state index is -1.06. The Bertz CT molecular complexity index is 211. The third-order valence-corrected chi connectivity index (χ3v) is 2.41. The van der Waals surface area contributed by atoms with Crippen molar-refractivity contribution in [1.82, 2.24) is 0 Å². The lowest BCUT2D eigenvalue weighted by Gasteiger charge is -2.21. The minimum Gasteiger partial charge on any atom is -0.464 e. The second-order valence-electron chi connectivity index (χ2n) is 3.79. The fourth-order valence-electron chi connectivity index (χ4n) is 1.49. The third kappa shape index (κ3) is 4.98. The molecule has 15 heavy (non-hydrogen) atoms. The van der Waals surface area contributed by atoms with Gasteiger partial charge in [-0.1, -0.05) is 31.9 Å². The summed E-state index contributed by atoms with van der Waals surface area (Å²) in [5.74, 6) is -0.717. The van der Waals surface area contributed by atoms with E-state index in [0.29, 0.717) is 6.61 Å². The molecule has 0 fully saturated rings. The number of rotatable bonds is 7. The zero-order valence-electron chi connectivity index (χ0n) is 9.95. The summed E-state index contributed by atoms with van der Waals surface area (Å²) in [5, 5.41) is 9.77. The molecule has 3 nitrogen and oxygen atoms in total. The van der Waals surface area contributed by atoms with Crippen molar-refractivity contribution in [1.29, 1.82) is 0 Å². The van der Waals surface area contributed by atoms with Gasteiger partial charge >= 0.3 is 5.97 Å². The zero-order chi connectivity index (χ0) is 11.8. The Morgan fingerprint density at radius 1 is 1.47 bits per heavy atom. The van der Waals surface area contributed by atoms with Gasteiger partial charge in [-0.2, -0.15) is 0 Å². The summed E-state index contributed by atoms with van der Waals surface area (Å²) in [4.78, 5) is 11.3. The molecule has 88 valence electrons. The number of carbonyl (C=O) groups excluding carboxylic acids is 1. The van der Waals surface area contributed by atoms with Gasteiger partial charge in [0.15, 0.2) is 6.10 Å². The highest BCUT2D eigenvalue weighted by atomic mass is 16.5. The molecule has 0 saturated carbocycles. The van der Waals surface area contributed by atoms with Crippen molar-refractivity contribution in [2.24, 2.45) is 5.92 Å². The summed E-state index contributed by atoms with van der Waals surface area (Å²) in [6.07, 6.45) is 1.74. The maximum absolute atomic E-state index is 11.3. The Kier molecular flexibility index (Phi) is 7.05. The minimum absolute atomic E-state index is 0.177. The zero-order valence-corrected chi connectivity index (χ0v) is 9.95. The fourth-order valence-corrected chi connectivity index (χ4v) is 1.49. The standard InChI is InChI=1S/C12H22O3/c1-5-7-8-10(9(3)4)11(13)12(14)15-6-2/h10-11,13H,3,5-8H2,1-2,4H3. The summed E-state index contributed by atoms with van der Waals surface area (Å²) in [6, 6.07) is 0. The average molecular weight is 214 g/mol. The van der Waals surface area contributed by atoms with Gasteiger partial charge in [0, 0.05) is 5.92 Å². The van der Waals surface area contributed by atoms with Crippen molar-refractivity contribution in [2.75, 3.05) is 6.61 Å². The van der Waals surface area contributed by atoms with E-state index in [2.05, 4.69) is 13.5 Å². The van der Waals surface area contributed by atoms with E-state index in [1.54, 1.807) is 6.92 Å². The lowest BCUT2D eigenvalue weighted by molar-refractivity contribution is -0.155. The van der Waals surface area contributed by atoms with Crippen molar-refractivity contribution < 1.29 is 14.6 Å². The lowest BCUT2D eigenvalue weighted by atomic mass is 9.90. The van der Waals surface area contributed by atoms with E-state index in [4.69, 9.17) is 4.74 Å². The maximum atomic E-state index is 11.3. The summed E-state index contributed by atoms with van der Waals surface area (Å²) >= 11 is 0. The molecule has 0 heterocycles. The van der Waals surface area contributed by atoms with Crippen molar-refractivity contribution >= 4 is 5.97 Å². The van der Waals surface area contributed by atoms with Crippen LogP contribution in [0, 0.1) is 5.92 Å². The molecule has 0 radical (unpaired) electrons. The Morgan fingerprint density at radius 2 is 2.07 bits per heavy atom. The average Bonchev–Trinajstić information content (AvgIpc) is 2.18. The van der Waals surface area contributed by atoms with Gasteiger partial charge < -0.3 is 9.84 Å². The van der Waals surface area contributed by atoms with E-state index in [0.717, 1.165) is 24.8 Å². The quantitative estimate of drug-likeness (QED) is 0.522. The molecule has 1 N–H and O–H groups in total. The second kappa shape index (κ2) is 7.46. The Balaban J connectivity index is 4.33. The van der Waals surface area contributed by atoms with Crippen LogP contribution in [0.5, 0.6) is 0 Å². The van der Waals surface area contributed by atoms with Crippen LogP contribution in [0.2, 0.25) is 0 Å². The number of aliphatic hydroxyl groups is 1. The summed E-state index contributed by atoms with van der Waals surface area (Å²) in [6.45, 7) is 9.74. The summed E-state index contributed by atoms with van der Waals surface area (Å²) < 4.78 is 4.78. The molecule has 0 amide bonds. The van der Waals surface area contributed by atoms with Crippen molar-refractivity contribution in [3.05, 3.63) is 12.2 Å². The second-order valence-corrected chi connectivity index (χ2v) is 3.79. The molecule has 0 bridgehead atoms. The van der Waals surface area contributed by atoms with Crippen molar-refractivity contribution in [3.63, 3.8) is 0 Å². The van der Waals surface area contributed by atoms with Crippen LogP contribution in [-0.2, 0) is 9.53 Å². The van der Waals surface area contributed by atoms with Crippen LogP contribution in [0.25, 0.3) is 0 Å². The van der Waals surface area contributed by atoms with Gasteiger partial charge in [0.2, 0.25) is 0 Å². The van der Waals surface area contributed by atoms with Crippen LogP contribution >= 0.6 is 0 Å². The van der Waals surface area contributed by atoms with Crippen LogP contribution < -0.4 is 0 Å². The first-order valence-electron chi connectivity index (χ1n) is 5.54. The molecule has 0 aromatic rings. The predicted octanol–water partition coefficient (Wildman–Crippen LogP) is 2.29. The molecule has 0 aliphatic rings. The van der Waals surface area contributed by atoms with Gasteiger partial charge in [0.1, 0.15) is 0 Å². The summed E-state index contributed by atoms with van der Waals surface area (Å²) in [7, 11) is 0. The first-order chi connectivity index (χ1) is 7.04. The number of ether oxygens (including phenoxy) is 1. The first kappa shape index (κ1) is 14.2. The molecule has 0 aliphatic carbocycles. The molecule has 2 atom stereocenters. The highest BCUT2D eigenvalue weighted by molar-refractivity contribution is 5.75. The van der Waals surface area contributed by atoms with Crippen LogP contribution in [0.4, 0.5) is 0 Å². The number of hydrogen-bond donors (Lipinski definition) is 1. The number of aliphatic hydroxyl groups excluding tert-OH is 1. The van der Waals surface area contributed by atoms with Crippen LogP contribution in [-0.4, -0.2) is 23.8 Å². The Hall–Kier alpha value is -0.830. The molecule has 0 aliphatic heterocycles. The third-order valence-electron chi connectivity index (χ3n) is 2.41. The predicted molar refractivity (Wildman–Crippen MR) is 60.5 cm³/mol. The van der Waals surface area contributed by atoms with Gasteiger partial charge in [0.05, 0.1) is 6.61 Å². The molecule has 0 rings (SSSR count). The molecular formula is C12H22O3. The van der Waals surface area contributed by atoms with Gasteiger partial charge in [-0.3, -0.25) is 0 Å². The van der Waals surface area contributed by atoms with E-state index >= 15 is 0 Å². The van der Waals surface area contributed by atoms with Crippen LogP contribution in [0.3, 0.4) is 0 Å². The Morgan fingerprint density at radius 3 is 2.47 bits per heavy atom. The van der Waals surface area contributed by atoms with Crippen LogP contribution in [0.15, 0.2) is 12.2 Å². The topological polar surface area (TPSA) is 46.5 Å². The lowest BCUT2D eigenvalue weighted by Crippen LogP contribution is -2.32. The molecule has 0 aromatic carbocycles. The highest BCUT2D eigenvalue weighted by Crippen LogP contribution is 2.21. The van der Waals surface area contributed by atoms with Gasteiger partial charge in [-0.15, -0.1) is 0 Å². The molecule has 0 spiro atoms. The molecule has 3 heteroatoms. The monoisotopic (exact) mass is 214 g/mol. The van der Waals surface area contributed by atoms with Gasteiger partial charge in [-0.25, -0.2) is 4.79 Å². The molecule has 0 saturated heterocycles. The highest BCUT2D eigenvalue weighted by Gasteiger charge is 2.27. The van der Waals surface area contributed by atoms with Gasteiger partial charge in [0.25, 0.3) is 0 Å². The van der Waals surface area contributed by atoms with E-state index in [1.165, 1.54) is 0 Å². The summed E-state index contributed by atoms with van der Waals surface area (Å²) in [5.41, 5.74) is 0.837. The smallest absolute Gasteiger partial charge is 0.335 e.